The van der Waals surface area contributed by atoms with E-state index in [0.717, 1.165) is 10.2 Å². The first kappa shape index (κ1) is 17.7. The molecule has 2 aromatic rings. The number of nitrogens with one attached hydrogen (secondary N) is 3. The Morgan fingerprint density at radius 3 is 2.52 bits per heavy atom. The Labute approximate surface area is 156 Å². The van der Waals surface area contributed by atoms with Crippen LogP contribution in [0.2, 0.25) is 0 Å². The fourth-order valence-electron chi connectivity index (χ4n) is 1.79. The molecule has 0 fully saturated rings. The van der Waals surface area contributed by atoms with E-state index in [0.29, 0.717) is 15.8 Å². The molecule has 0 unspecified atom stereocenters. The molecule has 0 heterocycles. The lowest BCUT2D eigenvalue weighted by Crippen LogP contribution is -2.42. The van der Waals surface area contributed by atoms with E-state index >= 15 is 0 Å². The number of halogens is 2. The lowest BCUT2D eigenvalue weighted by atomic mass is 10.2. The van der Waals surface area contributed by atoms with Crippen LogP contribution in [-0.4, -0.2) is 18.1 Å². The third kappa shape index (κ3) is 4.92. The molecule has 0 bridgehead atoms. The van der Waals surface area contributed by atoms with Crippen LogP contribution in [0.4, 0.5) is 5.69 Å². The first-order valence-corrected chi connectivity index (χ1v) is 8.46. The molecule has 0 saturated heterocycles. The minimum Gasteiger partial charge on any atom is -0.495 e. The number of carbonyl (C=O) groups is 1. The third-order valence-electron chi connectivity index (χ3n) is 2.78. The number of methoxy groups -OCH3 is 1. The van der Waals surface area contributed by atoms with Gasteiger partial charge in [-0.25, -0.2) is 0 Å². The number of benzene rings is 2. The van der Waals surface area contributed by atoms with Crippen LogP contribution in [0.3, 0.4) is 0 Å². The number of thiocarbonyl (C=S) groups is 1. The molecule has 8 heteroatoms. The van der Waals surface area contributed by atoms with Gasteiger partial charge in [-0.15, -0.1) is 0 Å². The van der Waals surface area contributed by atoms with Crippen LogP contribution in [0.15, 0.2) is 51.4 Å². The second kappa shape index (κ2) is 8.28. The van der Waals surface area contributed by atoms with Crippen LogP contribution in [0.25, 0.3) is 0 Å². The van der Waals surface area contributed by atoms with Crippen molar-refractivity contribution in [3.05, 3.63) is 57.0 Å². The second-order valence-corrected chi connectivity index (χ2v) is 6.55. The van der Waals surface area contributed by atoms with Gasteiger partial charge in [-0.05, 0) is 52.4 Å². The van der Waals surface area contributed by atoms with Crippen LogP contribution in [-0.2, 0) is 0 Å². The maximum absolute atomic E-state index is 12.4. The van der Waals surface area contributed by atoms with Crippen LogP contribution in [0.1, 0.15) is 10.4 Å². The quantitative estimate of drug-likeness (QED) is 0.479. The highest BCUT2D eigenvalue weighted by Crippen LogP contribution is 2.32. The molecule has 120 valence electrons. The smallest absolute Gasteiger partial charge is 0.261 e. The van der Waals surface area contributed by atoms with Gasteiger partial charge in [0.15, 0.2) is 5.11 Å². The molecule has 23 heavy (non-hydrogen) atoms. The molecule has 0 aliphatic heterocycles. The van der Waals surface area contributed by atoms with E-state index in [-0.39, 0.29) is 11.0 Å². The number of carbonyl (C=O) groups excluding carboxylic acids is 1. The Hall–Kier alpha value is -1.64. The van der Waals surface area contributed by atoms with E-state index in [1.165, 1.54) is 7.11 Å². The number of hydrogen-bond donors (Lipinski definition) is 3. The van der Waals surface area contributed by atoms with Crippen molar-refractivity contribution in [3.8, 4) is 5.75 Å². The highest BCUT2D eigenvalue weighted by atomic mass is 79.9. The number of amides is 1. The lowest BCUT2D eigenvalue weighted by Gasteiger charge is -2.14. The van der Waals surface area contributed by atoms with Crippen LogP contribution in [0.5, 0.6) is 5.75 Å². The van der Waals surface area contributed by atoms with Gasteiger partial charge in [0, 0.05) is 4.47 Å². The lowest BCUT2D eigenvalue weighted by molar-refractivity contribution is 0.0973. The molecular weight excluding hydrogens is 446 g/mol. The van der Waals surface area contributed by atoms with Gasteiger partial charge in [0.1, 0.15) is 5.75 Å². The number of hydrogen-bond acceptors (Lipinski definition) is 4. The SMILES string of the molecule is COc1c(Br)cc(Br)cc1C(=O)NC(=S)NNc1ccccc1. The van der Waals surface area contributed by atoms with Crippen molar-refractivity contribution >= 4 is 60.8 Å². The maximum Gasteiger partial charge on any atom is 0.261 e. The molecule has 2 aromatic carbocycles. The largest absolute Gasteiger partial charge is 0.495 e. The monoisotopic (exact) mass is 457 g/mol. The molecule has 0 aliphatic carbocycles. The van der Waals surface area contributed by atoms with Gasteiger partial charge in [0.25, 0.3) is 5.91 Å². The van der Waals surface area contributed by atoms with Crippen molar-refractivity contribution in [1.29, 1.82) is 0 Å². The normalized spacial score (nSPS) is 9.87. The Balaban J connectivity index is 2.03. The second-order valence-electron chi connectivity index (χ2n) is 4.37. The first-order chi connectivity index (χ1) is 11.0. The van der Waals surface area contributed by atoms with Gasteiger partial charge in [0.05, 0.1) is 22.8 Å². The molecule has 0 aliphatic rings. The summed E-state index contributed by atoms with van der Waals surface area (Å²) < 4.78 is 6.67. The van der Waals surface area contributed by atoms with E-state index in [2.05, 4.69) is 48.0 Å². The van der Waals surface area contributed by atoms with E-state index in [1.807, 2.05) is 30.3 Å². The zero-order chi connectivity index (χ0) is 16.8. The Kier molecular flexibility index (Phi) is 6.37. The number of rotatable bonds is 4. The van der Waals surface area contributed by atoms with Gasteiger partial charge in [-0.2, -0.15) is 0 Å². The number of ether oxygens (including phenoxy) is 1. The summed E-state index contributed by atoms with van der Waals surface area (Å²) in [5.74, 6) is 0.0562. The van der Waals surface area contributed by atoms with Crippen LogP contribution >= 0.6 is 44.1 Å². The summed E-state index contributed by atoms with van der Waals surface area (Å²) in [4.78, 5) is 12.4. The van der Waals surface area contributed by atoms with Crippen LogP contribution < -0.4 is 20.9 Å². The van der Waals surface area contributed by atoms with Gasteiger partial charge in [0.2, 0.25) is 0 Å². The van der Waals surface area contributed by atoms with E-state index in [1.54, 1.807) is 12.1 Å². The summed E-state index contributed by atoms with van der Waals surface area (Å²) in [6.45, 7) is 0. The van der Waals surface area contributed by atoms with Gasteiger partial charge in [-0.3, -0.25) is 21.0 Å². The summed E-state index contributed by atoms with van der Waals surface area (Å²) in [7, 11) is 1.50. The van der Waals surface area contributed by atoms with E-state index < -0.39 is 0 Å². The Morgan fingerprint density at radius 2 is 1.87 bits per heavy atom. The molecule has 0 atom stereocenters. The number of para-hydroxylation sites is 1. The first-order valence-electron chi connectivity index (χ1n) is 6.46. The van der Waals surface area contributed by atoms with Crippen LogP contribution in [0, 0.1) is 0 Å². The number of hydrazine groups is 1. The molecule has 2 rings (SSSR count). The maximum atomic E-state index is 12.4. The van der Waals surface area contributed by atoms with Crippen molar-refractivity contribution in [1.82, 2.24) is 10.7 Å². The molecule has 1 amide bonds. The van der Waals surface area contributed by atoms with Crippen molar-refractivity contribution in [2.75, 3.05) is 12.5 Å². The summed E-state index contributed by atoms with van der Waals surface area (Å²) in [5, 5.41) is 2.74. The van der Waals surface area contributed by atoms with Gasteiger partial charge in [-0.1, -0.05) is 34.1 Å². The van der Waals surface area contributed by atoms with Crippen molar-refractivity contribution < 1.29 is 9.53 Å². The number of anilines is 1. The predicted molar refractivity (Wildman–Crippen MR) is 102 cm³/mol. The summed E-state index contributed by atoms with van der Waals surface area (Å²) >= 11 is 11.8. The Morgan fingerprint density at radius 1 is 1.17 bits per heavy atom. The average Bonchev–Trinajstić information content (AvgIpc) is 2.53. The summed E-state index contributed by atoms with van der Waals surface area (Å²) in [5.41, 5.74) is 6.83. The fraction of sp³-hybridized carbons (Fsp3) is 0.0667. The highest BCUT2D eigenvalue weighted by Gasteiger charge is 2.17. The van der Waals surface area contributed by atoms with E-state index in [9.17, 15) is 4.79 Å². The molecule has 0 aromatic heterocycles. The minimum absolute atomic E-state index is 0.150. The van der Waals surface area contributed by atoms with Gasteiger partial charge >= 0.3 is 0 Å². The van der Waals surface area contributed by atoms with Crippen molar-refractivity contribution in [2.45, 2.75) is 0 Å². The fourth-order valence-corrected chi connectivity index (χ4v) is 3.32. The highest BCUT2D eigenvalue weighted by molar-refractivity contribution is 9.11. The minimum atomic E-state index is -0.379. The van der Waals surface area contributed by atoms with Crippen molar-refractivity contribution in [2.24, 2.45) is 0 Å². The molecule has 3 N–H and O–H groups in total. The molecule has 0 spiro atoms. The average molecular weight is 459 g/mol. The zero-order valence-corrected chi connectivity index (χ0v) is 16.0. The van der Waals surface area contributed by atoms with Crippen molar-refractivity contribution in [3.63, 3.8) is 0 Å². The standard InChI is InChI=1S/C15H13Br2N3O2S/c1-22-13-11(7-9(16)8-12(13)17)14(21)18-15(23)20-19-10-5-3-2-4-6-10/h2-8,19H,1H3,(H2,18,20,21,23). The van der Waals surface area contributed by atoms with E-state index in [4.69, 9.17) is 17.0 Å². The van der Waals surface area contributed by atoms with Gasteiger partial charge < -0.3 is 4.74 Å². The zero-order valence-electron chi connectivity index (χ0n) is 12.0. The predicted octanol–water partition coefficient (Wildman–Crippen LogP) is 3.85. The summed E-state index contributed by atoms with van der Waals surface area (Å²) in [6.07, 6.45) is 0. The molecule has 0 saturated carbocycles. The third-order valence-corrected chi connectivity index (χ3v) is 4.03. The molecule has 5 nitrogen and oxygen atoms in total. The summed E-state index contributed by atoms with van der Waals surface area (Å²) in [6, 6.07) is 12.9. The molecular formula is C15H13Br2N3O2S. The molecule has 0 radical (unpaired) electrons. The Bertz CT molecular complexity index is 726. The topological polar surface area (TPSA) is 62.4 Å².